The second-order valence-corrected chi connectivity index (χ2v) is 1.81. The van der Waals surface area contributed by atoms with Crippen molar-refractivity contribution < 1.29 is 23.7 Å². The van der Waals surface area contributed by atoms with Crippen LogP contribution in [-0.4, -0.2) is 33.8 Å². The molecule has 0 heterocycles. The van der Waals surface area contributed by atoms with Crippen LogP contribution in [0.4, 0.5) is 0 Å². The van der Waals surface area contributed by atoms with E-state index in [1.807, 2.05) is 0 Å². The van der Waals surface area contributed by atoms with Gasteiger partial charge in [0, 0.05) is 20.3 Å². The smallest absolute Gasteiger partial charge is 0.332 e. The third kappa shape index (κ3) is 17.0. The van der Waals surface area contributed by atoms with Crippen LogP contribution in [0.15, 0.2) is 25.5 Å². The van der Waals surface area contributed by atoms with Gasteiger partial charge in [-0.2, -0.15) is 0 Å². The molecule has 0 spiro atoms. The Bertz CT molecular complexity index is 155. The molecule has 0 amide bonds. The standard InChI is InChI=1S/C5H8O3.C4H8O2/c1-3-5(6)8-4-7-2;1-3-6-4-5-2/h3H,1,4H2,2H3;3H,1,4H2,2H3. The van der Waals surface area contributed by atoms with Crippen LogP contribution in [0.1, 0.15) is 0 Å². The molecule has 5 nitrogen and oxygen atoms in total. The average Bonchev–Trinajstić information content (AvgIpc) is 2.23. The van der Waals surface area contributed by atoms with E-state index >= 15 is 0 Å². The number of carbonyl (C=O) groups is 1. The lowest BCUT2D eigenvalue weighted by Crippen LogP contribution is -2.02. The first-order valence-corrected chi connectivity index (χ1v) is 3.72. The first-order chi connectivity index (χ1) is 6.72. The number of ether oxygens (including phenoxy) is 4. The molecular weight excluding hydrogens is 188 g/mol. The zero-order chi connectivity index (χ0) is 11.2. The average molecular weight is 204 g/mol. The summed E-state index contributed by atoms with van der Waals surface area (Å²) in [6, 6.07) is 0. The lowest BCUT2D eigenvalue weighted by Gasteiger charge is -1.95. The number of methoxy groups -OCH3 is 2. The minimum absolute atomic E-state index is 0.00907. The van der Waals surface area contributed by atoms with E-state index in [1.165, 1.54) is 13.4 Å². The van der Waals surface area contributed by atoms with Crippen LogP contribution in [0.25, 0.3) is 0 Å². The highest BCUT2D eigenvalue weighted by atomic mass is 16.7. The molecule has 0 bridgehead atoms. The van der Waals surface area contributed by atoms with Crippen molar-refractivity contribution in [2.75, 3.05) is 27.8 Å². The summed E-state index contributed by atoms with van der Waals surface area (Å²) in [5, 5.41) is 0. The van der Waals surface area contributed by atoms with Gasteiger partial charge < -0.3 is 18.9 Å². The molecule has 0 saturated carbocycles. The number of hydrogen-bond acceptors (Lipinski definition) is 5. The van der Waals surface area contributed by atoms with E-state index in [1.54, 1.807) is 7.11 Å². The van der Waals surface area contributed by atoms with Crippen molar-refractivity contribution in [3.05, 3.63) is 25.5 Å². The Morgan fingerprint density at radius 1 is 1.21 bits per heavy atom. The van der Waals surface area contributed by atoms with Crippen LogP contribution in [0.2, 0.25) is 0 Å². The second-order valence-electron chi connectivity index (χ2n) is 1.81. The number of esters is 1. The first-order valence-electron chi connectivity index (χ1n) is 3.72. The van der Waals surface area contributed by atoms with Crippen molar-refractivity contribution in [1.29, 1.82) is 0 Å². The maximum atomic E-state index is 10.2. The largest absolute Gasteiger partial charge is 0.476 e. The summed E-state index contributed by atoms with van der Waals surface area (Å²) in [7, 11) is 3.00. The van der Waals surface area contributed by atoms with Crippen molar-refractivity contribution in [3.8, 4) is 0 Å². The fourth-order valence-electron chi connectivity index (χ4n) is 0.292. The van der Waals surface area contributed by atoms with Crippen LogP contribution >= 0.6 is 0 Å². The van der Waals surface area contributed by atoms with Gasteiger partial charge in [-0.3, -0.25) is 0 Å². The van der Waals surface area contributed by atoms with Gasteiger partial charge in [0.05, 0.1) is 6.26 Å². The van der Waals surface area contributed by atoms with E-state index in [0.717, 1.165) is 6.08 Å². The Kier molecular flexibility index (Phi) is 15.4. The van der Waals surface area contributed by atoms with Crippen molar-refractivity contribution in [2.24, 2.45) is 0 Å². The van der Waals surface area contributed by atoms with E-state index in [2.05, 4.69) is 32.1 Å². The Morgan fingerprint density at radius 2 is 1.79 bits per heavy atom. The Balaban J connectivity index is 0. The third-order valence-electron chi connectivity index (χ3n) is 0.789. The normalized spacial score (nSPS) is 7.86. The lowest BCUT2D eigenvalue weighted by molar-refractivity contribution is -0.147. The molecule has 5 heteroatoms. The van der Waals surface area contributed by atoms with Gasteiger partial charge in [0.1, 0.15) is 0 Å². The molecule has 0 fully saturated rings. The minimum atomic E-state index is -0.466. The van der Waals surface area contributed by atoms with Crippen molar-refractivity contribution in [1.82, 2.24) is 0 Å². The molecule has 0 aromatic rings. The van der Waals surface area contributed by atoms with Gasteiger partial charge in [0.15, 0.2) is 13.6 Å². The molecule has 0 aliphatic carbocycles. The van der Waals surface area contributed by atoms with E-state index < -0.39 is 5.97 Å². The molecule has 14 heavy (non-hydrogen) atoms. The highest BCUT2D eigenvalue weighted by Gasteiger charge is 1.89. The van der Waals surface area contributed by atoms with Gasteiger partial charge in [0.25, 0.3) is 0 Å². The summed E-state index contributed by atoms with van der Waals surface area (Å²) in [4.78, 5) is 10.2. The van der Waals surface area contributed by atoms with Crippen molar-refractivity contribution in [2.45, 2.75) is 0 Å². The number of hydrogen-bond donors (Lipinski definition) is 0. The Morgan fingerprint density at radius 3 is 2.07 bits per heavy atom. The molecule has 0 unspecified atom stereocenters. The summed E-state index contributed by atoms with van der Waals surface area (Å²) in [6.07, 6.45) is 2.42. The zero-order valence-electron chi connectivity index (χ0n) is 8.52. The molecule has 0 aromatic heterocycles. The number of rotatable bonds is 6. The molecule has 0 aromatic carbocycles. The molecule has 82 valence electrons. The summed E-state index contributed by atoms with van der Waals surface area (Å²) in [6.45, 7) is 6.77. The van der Waals surface area contributed by atoms with E-state index in [4.69, 9.17) is 0 Å². The van der Waals surface area contributed by atoms with Crippen molar-refractivity contribution in [3.63, 3.8) is 0 Å². The van der Waals surface area contributed by atoms with Gasteiger partial charge in [-0.25, -0.2) is 4.79 Å². The maximum Gasteiger partial charge on any atom is 0.332 e. The summed E-state index contributed by atoms with van der Waals surface area (Å²) < 4.78 is 17.8. The Labute approximate surface area is 83.9 Å². The molecule has 0 N–H and O–H groups in total. The molecule has 0 saturated heterocycles. The van der Waals surface area contributed by atoms with E-state index in [-0.39, 0.29) is 6.79 Å². The lowest BCUT2D eigenvalue weighted by atomic mass is 10.7. The second kappa shape index (κ2) is 14.2. The third-order valence-corrected chi connectivity index (χ3v) is 0.789. The van der Waals surface area contributed by atoms with Gasteiger partial charge >= 0.3 is 5.97 Å². The quantitative estimate of drug-likeness (QED) is 0.213. The maximum absolute atomic E-state index is 10.2. The SMILES string of the molecule is C=CC(=O)OCOC.C=COCOC. The molecule has 0 aliphatic heterocycles. The predicted octanol–water partition coefficient (Wildman–Crippen LogP) is 1.07. The highest BCUT2D eigenvalue weighted by molar-refractivity contribution is 5.81. The van der Waals surface area contributed by atoms with Crippen LogP contribution in [0.5, 0.6) is 0 Å². The predicted molar refractivity (Wildman–Crippen MR) is 51.3 cm³/mol. The van der Waals surface area contributed by atoms with Crippen LogP contribution < -0.4 is 0 Å². The van der Waals surface area contributed by atoms with Crippen molar-refractivity contribution >= 4 is 5.97 Å². The van der Waals surface area contributed by atoms with Gasteiger partial charge in [0.2, 0.25) is 0 Å². The van der Waals surface area contributed by atoms with Gasteiger partial charge in [-0.15, -0.1) is 0 Å². The first kappa shape index (κ1) is 15.2. The zero-order valence-corrected chi connectivity index (χ0v) is 8.52. The van der Waals surface area contributed by atoms with Gasteiger partial charge in [-0.1, -0.05) is 13.2 Å². The van der Waals surface area contributed by atoms with Gasteiger partial charge in [-0.05, 0) is 0 Å². The van der Waals surface area contributed by atoms with Crippen LogP contribution in [0.3, 0.4) is 0 Å². The van der Waals surface area contributed by atoms with Crippen LogP contribution in [-0.2, 0) is 23.7 Å². The van der Waals surface area contributed by atoms with E-state index in [9.17, 15) is 4.79 Å². The highest BCUT2D eigenvalue weighted by Crippen LogP contribution is 1.76. The Hall–Kier alpha value is -1.33. The molecule has 0 rings (SSSR count). The molecular formula is C9H16O5. The minimum Gasteiger partial charge on any atom is -0.476 e. The molecule has 0 aliphatic rings. The summed E-state index contributed by atoms with van der Waals surface area (Å²) >= 11 is 0. The molecule has 0 atom stereocenters. The fourth-order valence-corrected chi connectivity index (χ4v) is 0.292. The van der Waals surface area contributed by atoms with E-state index in [0.29, 0.717) is 6.79 Å². The van der Waals surface area contributed by atoms with Crippen LogP contribution in [0, 0.1) is 0 Å². The summed E-state index contributed by atoms with van der Waals surface area (Å²) in [5.74, 6) is -0.466. The summed E-state index contributed by atoms with van der Waals surface area (Å²) in [5.41, 5.74) is 0. The molecule has 0 radical (unpaired) electrons. The topological polar surface area (TPSA) is 54.0 Å². The monoisotopic (exact) mass is 204 g/mol. The number of carbonyl (C=O) groups excluding carboxylic acids is 1. The fraction of sp³-hybridized carbons (Fsp3) is 0.444.